The van der Waals surface area contributed by atoms with E-state index in [-0.39, 0.29) is 59.2 Å². The van der Waals surface area contributed by atoms with Gasteiger partial charge in [0.2, 0.25) is 33.7 Å². The van der Waals surface area contributed by atoms with Crippen LogP contribution in [-0.4, -0.2) is 231 Å². The molecule has 0 saturated carbocycles. The van der Waals surface area contributed by atoms with Crippen LogP contribution in [0.3, 0.4) is 0 Å². The lowest BCUT2D eigenvalue weighted by Crippen LogP contribution is -2.39. The van der Waals surface area contributed by atoms with E-state index in [4.69, 9.17) is 41.0 Å². The fraction of sp³-hybridized carbons (Fsp3) is 0.899. The van der Waals surface area contributed by atoms with Crippen molar-refractivity contribution in [2.45, 2.75) is 427 Å². The Balaban J connectivity index is -0.000000163. The smallest absolute Gasteiger partial charge is 0.318 e. The number of nitrogens with two attached hydrogens (primary N) is 4. The molecule has 12 N–H and O–H groups in total. The molecule has 136 heavy (non-hydrogen) atoms. The molecule has 0 aromatic heterocycles. The van der Waals surface area contributed by atoms with Crippen molar-refractivity contribution in [3.8, 4) is 0 Å². The lowest BCUT2D eigenvalue weighted by atomic mass is 9.89. The van der Waals surface area contributed by atoms with Crippen LogP contribution in [0.2, 0.25) is 0 Å². The summed E-state index contributed by atoms with van der Waals surface area (Å²) in [5, 5.41) is 33.6. The molecule has 0 rings (SSSR count). The van der Waals surface area contributed by atoms with Crippen molar-refractivity contribution < 1.29 is 82.3 Å². The number of hydrogen-bond acceptors (Lipinski definition) is 20. The number of nitrogens with zero attached hydrogens (tertiary/aromatic N) is 9. The Morgan fingerprint density at radius 3 is 0.941 bits per heavy atom. The van der Waals surface area contributed by atoms with Crippen molar-refractivity contribution in [2.75, 3.05) is 104 Å². The van der Waals surface area contributed by atoms with Gasteiger partial charge in [0.05, 0.1) is 13.4 Å². The summed E-state index contributed by atoms with van der Waals surface area (Å²) in [6, 6.07) is 0. The maximum absolute atomic E-state index is 11.3. The fourth-order valence-electron chi connectivity index (χ4n) is 11.0. The number of ketones is 3. The van der Waals surface area contributed by atoms with E-state index in [0.717, 1.165) is 160 Å². The SMILES string of the molecule is CC(C)(C)CCCC(=O)CO.CC(C)(C)CCCCC(N)=NS(N)(=O)=O.CCC(=O)CCCC(C)(C)C.CN(C)C(=NCCCC(C)(C)C)NS(C)(=O)=O.CN(C)C(=O)CCCC(C)(C)C.CN(C)C(CCCCC(C)(C)C)=NS(N)(=O)=O.CN(O)C(=O)CCCC(C)(C)C.CN=C(CCCCC(C)(C)C)NS(N)(=O)=O.COCC(=O)CCCC(C)(C)C.CON(C)C(=O)CCCC(C)(C)C. The molecule has 0 unspecified atom stereocenters. The first-order valence-corrected chi connectivity index (χ1v) is 54.8. The van der Waals surface area contributed by atoms with Gasteiger partial charge in [0.25, 0.3) is 10.2 Å². The van der Waals surface area contributed by atoms with Crippen molar-refractivity contribution in [3.05, 3.63) is 0 Å². The number of aliphatic hydroxyl groups is 1. The number of hydrogen-bond donors (Lipinski definition) is 8. The van der Waals surface area contributed by atoms with Gasteiger partial charge >= 0.3 is 20.4 Å². The van der Waals surface area contributed by atoms with Gasteiger partial charge < -0.3 is 30.3 Å². The minimum atomic E-state index is -3.83. The summed E-state index contributed by atoms with van der Waals surface area (Å²) in [4.78, 5) is 83.8. The number of unbranched alkanes of at least 4 members (excludes halogenated alkanes) is 3. The molecule has 3 amide bonds. The van der Waals surface area contributed by atoms with Gasteiger partial charge in [-0.1, -0.05) is 234 Å². The first-order chi connectivity index (χ1) is 60.6. The number of Topliss-reactive ketones (excluding diaryl/α,β-unsaturated/α-hetero) is 3. The lowest BCUT2D eigenvalue weighted by Gasteiger charge is -2.19. The van der Waals surface area contributed by atoms with Crippen LogP contribution in [0.15, 0.2) is 18.8 Å². The molecule has 816 valence electrons. The van der Waals surface area contributed by atoms with Crippen LogP contribution in [0.4, 0.5) is 0 Å². The van der Waals surface area contributed by atoms with E-state index in [1.54, 1.807) is 78.2 Å². The Labute approximate surface area is 835 Å². The maximum atomic E-state index is 11.3. The molecule has 0 heterocycles. The summed E-state index contributed by atoms with van der Waals surface area (Å²) in [5.74, 6) is 2.06. The Bertz CT molecular complexity index is 3690. The summed E-state index contributed by atoms with van der Waals surface area (Å²) < 4.78 is 103. The molecule has 0 atom stereocenters. The molecule has 0 aliphatic heterocycles. The van der Waals surface area contributed by atoms with E-state index < -0.39 is 40.7 Å². The number of aliphatic hydroxyl groups excluding tert-OH is 1. The molecule has 0 fully saturated rings. The average Bonchev–Trinajstić information content (AvgIpc) is 0.899. The third-order valence-electron chi connectivity index (χ3n) is 18.8. The predicted octanol–water partition coefficient (Wildman–Crippen LogP) is 19.5. The Morgan fingerprint density at radius 1 is 0.368 bits per heavy atom. The van der Waals surface area contributed by atoms with Crippen molar-refractivity contribution in [3.63, 3.8) is 0 Å². The number of guanidine groups is 1. The number of nitrogens with one attached hydrogen (secondary N) is 2. The molecular formula is C99H213N15O18S4. The number of aliphatic imine (C=N–C) groups is 2. The maximum Gasteiger partial charge on any atom is 0.318 e. The number of hydroxylamine groups is 4. The summed E-state index contributed by atoms with van der Waals surface area (Å²) in [6.45, 7) is 67.9. The Hall–Kier alpha value is -5.38. The highest BCUT2D eigenvalue weighted by atomic mass is 32.2. The van der Waals surface area contributed by atoms with Crippen molar-refractivity contribution in [2.24, 2.45) is 94.1 Å². The minimum Gasteiger partial charge on any atom is -0.389 e. The van der Waals surface area contributed by atoms with Gasteiger partial charge in [0.15, 0.2) is 11.6 Å². The number of carbonyl (C=O) groups is 6. The summed E-state index contributed by atoms with van der Waals surface area (Å²) in [6.07, 6.45) is 30.5. The Kier molecular flexibility index (Phi) is 84.6. The number of carbonyl (C=O) groups excluding carboxylic acids is 6. The number of methoxy groups -OCH3 is 1. The van der Waals surface area contributed by atoms with Crippen LogP contribution in [0.1, 0.15) is 427 Å². The molecule has 0 radical (unpaired) electrons. The lowest BCUT2D eigenvalue weighted by molar-refractivity contribution is -0.168. The molecule has 0 bridgehead atoms. The van der Waals surface area contributed by atoms with Gasteiger partial charge in [0.1, 0.15) is 36.5 Å². The van der Waals surface area contributed by atoms with Crippen LogP contribution in [0.5, 0.6) is 0 Å². The monoisotopic (exact) mass is 2030 g/mol. The van der Waals surface area contributed by atoms with Crippen molar-refractivity contribution in [1.82, 2.24) is 34.3 Å². The van der Waals surface area contributed by atoms with Gasteiger partial charge in [-0.25, -0.2) is 34.0 Å². The fourth-order valence-corrected chi connectivity index (χ4v) is 13.1. The quantitative estimate of drug-likeness (QED) is 0.00925. The van der Waals surface area contributed by atoms with E-state index in [2.05, 4.69) is 236 Å². The largest absolute Gasteiger partial charge is 0.389 e. The number of ether oxygens (including phenoxy) is 1. The zero-order chi connectivity index (χ0) is 110. The average molecular weight is 2030 g/mol. The van der Waals surface area contributed by atoms with Gasteiger partial charge in [-0.3, -0.25) is 58.2 Å². The van der Waals surface area contributed by atoms with Crippen molar-refractivity contribution in [1.29, 1.82) is 0 Å². The number of amidine groups is 3. The molecule has 0 aliphatic rings. The van der Waals surface area contributed by atoms with E-state index >= 15 is 0 Å². The number of rotatable bonds is 42. The zero-order valence-electron chi connectivity index (χ0n) is 94.8. The highest BCUT2D eigenvalue weighted by molar-refractivity contribution is 7.89. The molecule has 0 aliphatic carbocycles. The molecule has 37 heteroatoms. The van der Waals surface area contributed by atoms with Gasteiger partial charge in [-0.2, -0.15) is 25.3 Å². The second kappa shape index (κ2) is 76.3. The molecule has 0 spiro atoms. The standard InChI is InChI=1S/2C11H25N3O2S.C10H23N3O2S.C10H21NO2.C10H21NO.C10H20O2.C10H20O.C9H21N3O2S.C9H19NO2.C9H18O2/c1-11(2,3)8-7-9-12-10(14(4)5)13-17(6,15)16;1-11(2,3)9-7-6-8-10(14(4)5)13-17(12,15)16;1-10(2,3)8-6-5-7-9(12-4)13-16(11,14)15;1-10(2,3)8-6-7-9(12)11(4)13-5;1-10(2,3)8-6-7-9(12)11(4)5;1-10(2,3)7-5-6-9(11)8-12-4;1-5-9(11)7-6-8-10(2,3)4;1-9(2,3)7-5-4-6-8(10)12-15(11,13)14;1-9(2,3)7-5-6-8(11)10(4)12;1-9(2,3)6-4-5-8(11)7-10/h7-9H2,1-6H3,(H,12,13);6-9H2,1-5H3,(H2,12,15,16);5-8H2,1-4H3,(H,12,13)(H2,11,14,15);6-8H2,1-5H3;6-8H2,1-5H3;5-8H2,1-4H3;5-8H2,1-4H3;4-7H2,1-3H3,(H2,10,12)(H2,11,13,14);12H,5-7H2,1-4H3;10H,4-7H2,1-3H3. The van der Waals surface area contributed by atoms with Crippen LogP contribution < -0.4 is 30.6 Å². The molecule has 0 saturated heterocycles. The second-order valence-electron chi connectivity index (χ2n) is 47.6. The normalized spacial score (nSPS) is 12.7. The first kappa shape index (κ1) is 151. The van der Waals surface area contributed by atoms with Crippen LogP contribution >= 0.6 is 0 Å². The number of sulfonamides is 1. The summed E-state index contributed by atoms with van der Waals surface area (Å²) in [7, 11) is 3.74. The van der Waals surface area contributed by atoms with E-state index in [1.807, 2.05) is 6.92 Å². The highest BCUT2D eigenvalue weighted by Crippen LogP contribution is 2.29. The van der Waals surface area contributed by atoms with Crippen LogP contribution in [-0.2, 0) is 79.0 Å². The molecular weight excluding hydrogens is 1820 g/mol. The summed E-state index contributed by atoms with van der Waals surface area (Å²) >= 11 is 0. The van der Waals surface area contributed by atoms with Crippen LogP contribution in [0, 0.1) is 54.1 Å². The van der Waals surface area contributed by atoms with Gasteiger partial charge in [-0.15, -0.1) is 8.80 Å². The zero-order valence-corrected chi connectivity index (χ0v) is 98.1. The molecule has 33 nitrogen and oxygen atoms in total. The topological polar surface area (TPSA) is 492 Å². The first-order valence-electron chi connectivity index (χ1n) is 48.4. The second-order valence-corrected chi connectivity index (χ2v) is 53.1. The minimum absolute atomic E-state index is 0.0470. The third-order valence-corrected chi connectivity index (χ3v) is 20.8. The third kappa shape index (κ3) is 146. The van der Waals surface area contributed by atoms with E-state index in [0.29, 0.717) is 136 Å². The van der Waals surface area contributed by atoms with Gasteiger partial charge in [-0.05, 0) is 183 Å². The van der Waals surface area contributed by atoms with Crippen molar-refractivity contribution >= 4 is 99.2 Å². The molecule has 0 aromatic carbocycles. The van der Waals surface area contributed by atoms with Gasteiger partial charge in [0, 0.05) is 141 Å². The predicted molar refractivity (Wildman–Crippen MR) is 572 cm³/mol. The van der Waals surface area contributed by atoms with E-state index in [9.17, 15) is 62.4 Å². The van der Waals surface area contributed by atoms with Crippen LogP contribution in [0.25, 0.3) is 0 Å². The molecule has 0 aromatic rings. The highest BCUT2D eigenvalue weighted by Gasteiger charge is 2.21. The Morgan fingerprint density at radius 2 is 0.669 bits per heavy atom. The van der Waals surface area contributed by atoms with E-state index in [1.165, 1.54) is 19.2 Å². The number of amides is 3. The summed E-state index contributed by atoms with van der Waals surface area (Å²) in [5.41, 5.74) is 8.58.